The van der Waals surface area contributed by atoms with E-state index in [2.05, 4.69) is 5.32 Å². The minimum Gasteiger partial charge on any atom is -0.352 e. The van der Waals surface area contributed by atoms with E-state index in [0.717, 1.165) is 5.56 Å². The highest BCUT2D eigenvalue weighted by Gasteiger charge is 2.20. The van der Waals surface area contributed by atoms with Crippen molar-refractivity contribution < 1.29 is 9.00 Å². The van der Waals surface area contributed by atoms with Gasteiger partial charge in [0.1, 0.15) is 0 Å². The average Bonchev–Trinajstić information content (AvgIpc) is 2.29. The zero-order chi connectivity index (χ0) is 13.5. The molecule has 0 radical (unpaired) electrons. The minimum atomic E-state index is -0.918. The largest absolute Gasteiger partial charge is 0.352 e. The van der Waals surface area contributed by atoms with Crippen molar-refractivity contribution in [2.45, 2.75) is 18.9 Å². The number of carbonyl (C=O) groups is 1. The number of nitrogens with one attached hydrogen (secondary N) is 1. The molecular weight excluding hydrogens is 248 g/mol. The van der Waals surface area contributed by atoms with E-state index >= 15 is 0 Å². The summed E-state index contributed by atoms with van der Waals surface area (Å²) in [5.41, 5.74) is 6.57. The summed E-state index contributed by atoms with van der Waals surface area (Å²) in [6, 6.07) is 9.34. The van der Waals surface area contributed by atoms with Crippen molar-refractivity contribution in [2.75, 3.05) is 18.6 Å². The fourth-order valence-corrected chi connectivity index (χ4v) is 2.60. The van der Waals surface area contributed by atoms with Gasteiger partial charge >= 0.3 is 0 Å². The monoisotopic (exact) mass is 268 g/mol. The molecule has 0 aliphatic carbocycles. The summed E-state index contributed by atoms with van der Waals surface area (Å²) in [6.07, 6.45) is 1.63. The minimum absolute atomic E-state index is 0.110. The van der Waals surface area contributed by atoms with Crippen LogP contribution in [-0.2, 0) is 15.6 Å². The molecule has 0 bridgehead atoms. The first-order chi connectivity index (χ1) is 8.54. The molecule has 0 fully saturated rings. The predicted octanol–water partition coefficient (Wildman–Crippen LogP) is 0.612. The third kappa shape index (κ3) is 4.58. The van der Waals surface area contributed by atoms with Crippen molar-refractivity contribution in [3.05, 3.63) is 35.9 Å². The average molecular weight is 268 g/mol. The van der Waals surface area contributed by atoms with Gasteiger partial charge in [0, 0.05) is 35.4 Å². The highest BCUT2D eigenvalue weighted by atomic mass is 32.2. The SMILES string of the molecule is CC(CS(C)=O)NC(=O)C(CN)c1ccccc1. The molecule has 3 unspecified atom stereocenters. The van der Waals surface area contributed by atoms with Crippen LogP contribution in [0.15, 0.2) is 30.3 Å². The van der Waals surface area contributed by atoms with Crippen LogP contribution in [0.1, 0.15) is 18.4 Å². The van der Waals surface area contributed by atoms with Gasteiger partial charge < -0.3 is 11.1 Å². The number of carbonyl (C=O) groups excluding carboxylic acids is 1. The Hall–Kier alpha value is -1.20. The van der Waals surface area contributed by atoms with Gasteiger partial charge in [0.2, 0.25) is 5.91 Å². The Morgan fingerprint density at radius 3 is 2.50 bits per heavy atom. The van der Waals surface area contributed by atoms with E-state index in [1.54, 1.807) is 6.26 Å². The highest BCUT2D eigenvalue weighted by Crippen LogP contribution is 2.14. The van der Waals surface area contributed by atoms with E-state index in [4.69, 9.17) is 5.73 Å². The molecule has 0 aliphatic rings. The standard InChI is InChI=1S/C13H20N2O2S/c1-10(9-18(2)17)15-13(16)12(8-14)11-6-4-3-5-7-11/h3-7,10,12H,8-9,14H2,1-2H3,(H,15,16). The van der Waals surface area contributed by atoms with Crippen LogP contribution in [0.2, 0.25) is 0 Å². The summed E-state index contributed by atoms with van der Waals surface area (Å²) < 4.78 is 11.1. The van der Waals surface area contributed by atoms with Crippen molar-refractivity contribution in [2.24, 2.45) is 5.73 Å². The Morgan fingerprint density at radius 2 is 2.00 bits per heavy atom. The zero-order valence-corrected chi connectivity index (χ0v) is 11.6. The number of rotatable bonds is 6. The van der Waals surface area contributed by atoms with E-state index in [9.17, 15) is 9.00 Å². The highest BCUT2D eigenvalue weighted by molar-refractivity contribution is 7.84. The second-order valence-corrected chi connectivity index (χ2v) is 5.83. The second kappa shape index (κ2) is 7.28. The Morgan fingerprint density at radius 1 is 1.39 bits per heavy atom. The number of amides is 1. The summed E-state index contributed by atoms with van der Waals surface area (Å²) in [5.74, 6) is -0.00161. The van der Waals surface area contributed by atoms with Crippen LogP contribution in [0.4, 0.5) is 0 Å². The Balaban J connectivity index is 2.66. The maximum atomic E-state index is 12.1. The molecule has 18 heavy (non-hydrogen) atoms. The molecular formula is C13H20N2O2S. The molecule has 0 aromatic heterocycles. The van der Waals surface area contributed by atoms with Gasteiger partial charge in [-0.15, -0.1) is 0 Å². The molecule has 1 aromatic rings. The summed E-state index contributed by atoms with van der Waals surface area (Å²) in [4.78, 5) is 12.1. The molecule has 0 spiro atoms. The van der Waals surface area contributed by atoms with Crippen LogP contribution < -0.4 is 11.1 Å². The zero-order valence-electron chi connectivity index (χ0n) is 10.8. The number of hydrogen-bond acceptors (Lipinski definition) is 3. The van der Waals surface area contributed by atoms with Crippen molar-refractivity contribution in [1.29, 1.82) is 0 Å². The molecule has 3 N–H and O–H groups in total. The molecule has 0 aliphatic heterocycles. The van der Waals surface area contributed by atoms with Gasteiger partial charge in [-0.05, 0) is 12.5 Å². The van der Waals surface area contributed by atoms with E-state index in [0.29, 0.717) is 5.75 Å². The molecule has 4 nitrogen and oxygen atoms in total. The number of hydrogen-bond donors (Lipinski definition) is 2. The molecule has 1 amide bonds. The van der Waals surface area contributed by atoms with Crippen molar-refractivity contribution in [1.82, 2.24) is 5.32 Å². The van der Waals surface area contributed by atoms with E-state index in [-0.39, 0.29) is 24.4 Å². The van der Waals surface area contributed by atoms with Crippen LogP contribution in [0, 0.1) is 0 Å². The summed E-state index contributed by atoms with van der Waals surface area (Å²) in [5, 5.41) is 2.85. The Kier molecular flexibility index (Phi) is 6.01. The topological polar surface area (TPSA) is 72.2 Å². The van der Waals surface area contributed by atoms with Gasteiger partial charge in [0.05, 0.1) is 5.92 Å². The van der Waals surface area contributed by atoms with Gasteiger partial charge in [-0.25, -0.2) is 0 Å². The van der Waals surface area contributed by atoms with Gasteiger partial charge in [-0.3, -0.25) is 9.00 Å². The summed E-state index contributed by atoms with van der Waals surface area (Å²) in [6.45, 7) is 2.11. The Labute approximate surface area is 110 Å². The number of benzene rings is 1. The van der Waals surface area contributed by atoms with E-state index < -0.39 is 10.8 Å². The van der Waals surface area contributed by atoms with Crippen molar-refractivity contribution in [3.8, 4) is 0 Å². The van der Waals surface area contributed by atoms with Crippen LogP contribution >= 0.6 is 0 Å². The third-order valence-electron chi connectivity index (χ3n) is 2.63. The van der Waals surface area contributed by atoms with Crippen LogP contribution in [0.5, 0.6) is 0 Å². The molecule has 0 saturated carbocycles. The second-order valence-electron chi connectivity index (χ2n) is 4.35. The van der Waals surface area contributed by atoms with Gasteiger partial charge in [-0.2, -0.15) is 0 Å². The molecule has 0 saturated heterocycles. The Bertz CT molecular complexity index is 409. The third-order valence-corrected chi connectivity index (χ3v) is 3.60. The molecule has 3 atom stereocenters. The normalized spacial score (nSPS) is 15.7. The lowest BCUT2D eigenvalue weighted by Crippen LogP contribution is -2.41. The molecule has 1 aromatic carbocycles. The van der Waals surface area contributed by atoms with E-state index in [1.165, 1.54) is 0 Å². The smallest absolute Gasteiger partial charge is 0.229 e. The van der Waals surface area contributed by atoms with E-state index in [1.807, 2.05) is 37.3 Å². The first kappa shape index (κ1) is 14.9. The molecule has 0 heterocycles. The maximum Gasteiger partial charge on any atom is 0.229 e. The quantitative estimate of drug-likeness (QED) is 0.794. The lowest BCUT2D eigenvalue weighted by molar-refractivity contribution is -0.122. The predicted molar refractivity (Wildman–Crippen MR) is 74.8 cm³/mol. The fraction of sp³-hybridized carbons (Fsp3) is 0.462. The van der Waals surface area contributed by atoms with Crippen molar-refractivity contribution in [3.63, 3.8) is 0 Å². The summed E-state index contributed by atoms with van der Waals surface area (Å²) >= 11 is 0. The first-order valence-electron chi connectivity index (χ1n) is 5.90. The van der Waals surface area contributed by atoms with Crippen molar-refractivity contribution >= 4 is 16.7 Å². The van der Waals surface area contributed by atoms with Crippen LogP contribution in [0.3, 0.4) is 0 Å². The molecule has 100 valence electrons. The fourth-order valence-electron chi connectivity index (χ4n) is 1.82. The van der Waals surface area contributed by atoms with Gasteiger partial charge in [-0.1, -0.05) is 30.3 Å². The van der Waals surface area contributed by atoms with Crippen LogP contribution in [0.25, 0.3) is 0 Å². The van der Waals surface area contributed by atoms with Crippen LogP contribution in [-0.4, -0.2) is 34.7 Å². The molecule has 5 heteroatoms. The first-order valence-corrected chi connectivity index (χ1v) is 7.62. The lowest BCUT2D eigenvalue weighted by atomic mass is 9.98. The van der Waals surface area contributed by atoms with Gasteiger partial charge in [0.25, 0.3) is 0 Å². The lowest BCUT2D eigenvalue weighted by Gasteiger charge is -2.18. The summed E-state index contributed by atoms with van der Waals surface area (Å²) in [7, 11) is -0.918. The molecule has 1 rings (SSSR count). The van der Waals surface area contributed by atoms with Gasteiger partial charge in [0.15, 0.2) is 0 Å². The number of nitrogens with two attached hydrogens (primary N) is 1. The maximum absolute atomic E-state index is 12.1.